The van der Waals surface area contributed by atoms with Crippen molar-refractivity contribution in [3.63, 3.8) is 0 Å². The molecule has 194 valence electrons. The van der Waals surface area contributed by atoms with Crippen molar-refractivity contribution < 1.29 is 51.3 Å². The van der Waals surface area contributed by atoms with E-state index in [0.717, 1.165) is 31.4 Å². The third-order valence-corrected chi connectivity index (χ3v) is 4.93. The quantitative estimate of drug-likeness (QED) is 0.420. The van der Waals surface area contributed by atoms with Crippen molar-refractivity contribution in [2.45, 2.75) is 31.9 Å². The Morgan fingerprint density at radius 3 is 1.97 bits per heavy atom. The van der Waals surface area contributed by atoms with Gasteiger partial charge in [0.15, 0.2) is 0 Å². The van der Waals surface area contributed by atoms with E-state index < -0.39 is 24.3 Å². The molecule has 0 saturated heterocycles. The monoisotopic (exact) mass is 518 g/mol. The highest BCUT2D eigenvalue weighted by molar-refractivity contribution is 5.87. The van der Waals surface area contributed by atoms with E-state index in [9.17, 15) is 31.4 Å². The number of aromatic hydroxyl groups is 1. The van der Waals surface area contributed by atoms with E-state index in [1.165, 1.54) is 16.7 Å². The predicted octanol–water partition coefficient (Wildman–Crippen LogP) is 4.77. The van der Waals surface area contributed by atoms with Crippen LogP contribution in [-0.4, -0.2) is 56.0 Å². The molecule has 0 radical (unpaired) electrons. The lowest BCUT2D eigenvalue weighted by Gasteiger charge is -2.29. The maximum Gasteiger partial charge on any atom is 0.490 e. The SMILES string of the molecule is O=C(O)C(F)(F)F.O=C(O)C(F)(F)F.Oc1ccc(CN2CCc3ccccc3C2)c2cccnc12. The van der Waals surface area contributed by atoms with Crippen LogP contribution in [0, 0.1) is 0 Å². The molecular formula is C23H20F6N2O5. The van der Waals surface area contributed by atoms with Crippen molar-refractivity contribution in [1.82, 2.24) is 9.88 Å². The van der Waals surface area contributed by atoms with Crippen LogP contribution in [0.4, 0.5) is 26.3 Å². The summed E-state index contributed by atoms with van der Waals surface area (Å²) in [6.07, 6.45) is -7.34. The van der Waals surface area contributed by atoms with Crippen LogP contribution < -0.4 is 0 Å². The third-order valence-electron chi connectivity index (χ3n) is 4.93. The molecule has 2 aromatic carbocycles. The minimum atomic E-state index is -5.08. The van der Waals surface area contributed by atoms with Gasteiger partial charge in [0.2, 0.25) is 0 Å². The van der Waals surface area contributed by atoms with Gasteiger partial charge in [-0.1, -0.05) is 36.4 Å². The molecule has 0 saturated carbocycles. The Labute approximate surface area is 200 Å². The van der Waals surface area contributed by atoms with E-state index >= 15 is 0 Å². The minimum Gasteiger partial charge on any atom is -0.506 e. The highest BCUT2D eigenvalue weighted by Gasteiger charge is 2.38. The zero-order valence-electron chi connectivity index (χ0n) is 18.3. The highest BCUT2D eigenvalue weighted by Crippen LogP contribution is 2.28. The number of rotatable bonds is 2. The van der Waals surface area contributed by atoms with Gasteiger partial charge in [-0.25, -0.2) is 9.59 Å². The fraction of sp³-hybridized carbons (Fsp3) is 0.261. The Balaban J connectivity index is 0.000000271. The van der Waals surface area contributed by atoms with Crippen molar-refractivity contribution in [1.29, 1.82) is 0 Å². The van der Waals surface area contributed by atoms with Crippen molar-refractivity contribution in [3.8, 4) is 5.75 Å². The van der Waals surface area contributed by atoms with E-state index in [2.05, 4.69) is 34.1 Å². The van der Waals surface area contributed by atoms with Crippen LogP contribution in [0.15, 0.2) is 54.7 Å². The van der Waals surface area contributed by atoms with Crippen LogP contribution in [0.3, 0.4) is 0 Å². The van der Waals surface area contributed by atoms with Gasteiger partial charge in [0.05, 0.1) is 0 Å². The van der Waals surface area contributed by atoms with Crippen molar-refractivity contribution >= 4 is 22.8 Å². The van der Waals surface area contributed by atoms with Gasteiger partial charge in [0, 0.05) is 31.2 Å². The van der Waals surface area contributed by atoms with Crippen LogP contribution in [-0.2, 0) is 29.1 Å². The second kappa shape index (κ2) is 11.7. The summed E-state index contributed by atoms with van der Waals surface area (Å²) in [6.45, 7) is 2.94. The average molecular weight is 518 g/mol. The highest BCUT2D eigenvalue weighted by atomic mass is 19.4. The normalized spacial score (nSPS) is 13.5. The molecule has 2 heterocycles. The number of hydrogen-bond donors (Lipinski definition) is 3. The molecule has 0 fully saturated rings. The molecular weight excluding hydrogens is 498 g/mol. The summed E-state index contributed by atoms with van der Waals surface area (Å²) in [5.74, 6) is -5.26. The van der Waals surface area contributed by atoms with Crippen molar-refractivity contribution in [2.75, 3.05) is 6.54 Å². The number of hydrogen-bond acceptors (Lipinski definition) is 5. The molecule has 0 bridgehead atoms. The summed E-state index contributed by atoms with van der Waals surface area (Å²) in [5.41, 5.74) is 4.81. The molecule has 0 amide bonds. The number of carboxylic acid groups (broad SMARTS) is 2. The summed E-state index contributed by atoms with van der Waals surface area (Å²) in [5, 5.41) is 25.2. The van der Waals surface area contributed by atoms with E-state index in [1.807, 2.05) is 18.2 Å². The molecule has 1 aromatic heterocycles. The fourth-order valence-electron chi connectivity index (χ4n) is 3.28. The predicted molar refractivity (Wildman–Crippen MR) is 115 cm³/mol. The number of carboxylic acids is 2. The summed E-state index contributed by atoms with van der Waals surface area (Å²) in [4.78, 5) is 24.6. The largest absolute Gasteiger partial charge is 0.506 e. The standard InChI is InChI=1S/C19H18N2O.2C2HF3O2/c22-18-8-7-16(17-6-3-10-20-19(17)18)13-21-11-9-14-4-1-2-5-15(14)12-21;2*3-2(4,5)1(6)7/h1-8,10,22H,9,11-13H2;2*(H,6,7). The number of halogens is 6. The average Bonchev–Trinajstić information content (AvgIpc) is 2.80. The van der Waals surface area contributed by atoms with Gasteiger partial charge in [-0.15, -0.1) is 0 Å². The van der Waals surface area contributed by atoms with Gasteiger partial charge in [-0.2, -0.15) is 26.3 Å². The molecule has 13 heteroatoms. The maximum absolute atomic E-state index is 10.6. The third kappa shape index (κ3) is 8.12. The smallest absolute Gasteiger partial charge is 0.490 e. The Hall–Kier alpha value is -3.87. The van der Waals surface area contributed by atoms with Crippen LogP contribution in [0.1, 0.15) is 16.7 Å². The number of benzene rings is 2. The van der Waals surface area contributed by atoms with Gasteiger partial charge in [-0.3, -0.25) is 9.88 Å². The second-order valence-electron chi connectivity index (χ2n) is 7.48. The maximum atomic E-state index is 10.6. The van der Waals surface area contributed by atoms with Crippen LogP contribution in [0.2, 0.25) is 0 Å². The lowest BCUT2D eigenvalue weighted by Crippen LogP contribution is -2.30. The number of alkyl halides is 6. The topological polar surface area (TPSA) is 111 Å². The van der Waals surface area contributed by atoms with Crippen molar-refractivity contribution in [2.24, 2.45) is 0 Å². The van der Waals surface area contributed by atoms with Crippen LogP contribution in [0.25, 0.3) is 10.9 Å². The van der Waals surface area contributed by atoms with Gasteiger partial charge in [-0.05, 0) is 35.2 Å². The zero-order chi connectivity index (χ0) is 27.1. The van der Waals surface area contributed by atoms with E-state index in [1.54, 1.807) is 12.3 Å². The fourth-order valence-corrected chi connectivity index (χ4v) is 3.28. The Bertz CT molecular complexity index is 1190. The minimum absolute atomic E-state index is 0.253. The van der Waals surface area contributed by atoms with Gasteiger partial charge in [0.1, 0.15) is 11.3 Å². The molecule has 36 heavy (non-hydrogen) atoms. The summed E-state index contributed by atoms with van der Waals surface area (Å²) in [6, 6.07) is 16.4. The number of phenolic OH excluding ortho intramolecular Hbond substituents is 1. The van der Waals surface area contributed by atoms with E-state index in [0.29, 0.717) is 5.52 Å². The lowest BCUT2D eigenvalue weighted by atomic mass is 9.99. The molecule has 4 rings (SSSR count). The molecule has 0 aliphatic carbocycles. The molecule has 3 N–H and O–H groups in total. The number of pyridine rings is 1. The van der Waals surface area contributed by atoms with Gasteiger partial charge >= 0.3 is 24.3 Å². The molecule has 0 unspecified atom stereocenters. The number of nitrogens with zero attached hydrogens (tertiary/aromatic N) is 2. The molecule has 0 spiro atoms. The first-order valence-electron chi connectivity index (χ1n) is 10.1. The number of carbonyl (C=O) groups is 2. The van der Waals surface area contributed by atoms with Crippen LogP contribution in [0.5, 0.6) is 5.75 Å². The molecule has 0 atom stereocenters. The first-order chi connectivity index (χ1) is 16.7. The lowest BCUT2D eigenvalue weighted by molar-refractivity contribution is -0.193. The Morgan fingerprint density at radius 1 is 0.861 bits per heavy atom. The van der Waals surface area contributed by atoms with E-state index in [4.69, 9.17) is 19.8 Å². The molecule has 7 nitrogen and oxygen atoms in total. The first kappa shape index (κ1) is 28.4. The molecule has 1 aliphatic rings. The number of fused-ring (bicyclic) bond motifs is 2. The Kier molecular flexibility index (Phi) is 9.23. The van der Waals surface area contributed by atoms with Gasteiger partial charge < -0.3 is 15.3 Å². The first-order valence-corrected chi connectivity index (χ1v) is 10.1. The zero-order valence-corrected chi connectivity index (χ0v) is 18.3. The number of aromatic nitrogens is 1. The summed E-state index contributed by atoms with van der Waals surface area (Å²) >= 11 is 0. The van der Waals surface area contributed by atoms with E-state index in [-0.39, 0.29) is 5.75 Å². The second-order valence-corrected chi connectivity index (χ2v) is 7.48. The number of phenols is 1. The van der Waals surface area contributed by atoms with Crippen molar-refractivity contribution in [3.05, 3.63) is 71.4 Å². The summed E-state index contributed by atoms with van der Waals surface area (Å²) < 4.78 is 63.5. The number of aliphatic carboxylic acids is 2. The summed E-state index contributed by atoms with van der Waals surface area (Å²) in [7, 11) is 0. The van der Waals surface area contributed by atoms with Crippen LogP contribution >= 0.6 is 0 Å². The molecule has 1 aliphatic heterocycles. The molecule has 3 aromatic rings. The van der Waals surface area contributed by atoms with Gasteiger partial charge in [0.25, 0.3) is 0 Å². The Morgan fingerprint density at radius 2 is 1.42 bits per heavy atom.